The third kappa shape index (κ3) is 2.42. The molecule has 0 saturated carbocycles. The van der Waals surface area contributed by atoms with E-state index in [-0.39, 0.29) is 13.0 Å². The molecule has 1 atom stereocenters. The summed E-state index contributed by atoms with van der Waals surface area (Å²) in [6.07, 6.45) is 1.71. The van der Waals surface area contributed by atoms with Gasteiger partial charge < -0.3 is 4.74 Å². The van der Waals surface area contributed by atoms with E-state index in [4.69, 9.17) is 0 Å². The molecule has 0 radical (unpaired) electrons. The third-order valence-electron chi connectivity index (χ3n) is 4.90. The number of allylic oxidation sites excluding steroid dienone is 1. The first kappa shape index (κ1) is 17.8. The van der Waals surface area contributed by atoms with E-state index < -0.39 is 23.9 Å². The number of hydrogen-bond acceptors (Lipinski definition) is 5. The van der Waals surface area contributed by atoms with Crippen molar-refractivity contribution in [3.63, 3.8) is 0 Å². The minimum absolute atomic E-state index is 0.0280. The zero-order valence-corrected chi connectivity index (χ0v) is 15.4. The standard InChI is InChI=1S/C17H22N5O4/c1-6-8-20-10(2)11(3)22-13-14(18-16(20)22)19(4)17(25)21(15(13)24)9-7-12(23)26-5/h6,13H,1,7-9H2,2-5H3/q+1. The highest BCUT2D eigenvalue weighted by molar-refractivity contribution is 6.20. The highest BCUT2D eigenvalue weighted by Crippen LogP contribution is 2.35. The van der Waals surface area contributed by atoms with Crippen LogP contribution >= 0.6 is 0 Å². The molecule has 9 nitrogen and oxygen atoms in total. The number of esters is 1. The predicted octanol–water partition coefficient (Wildman–Crippen LogP) is 0.620. The largest absolute Gasteiger partial charge is 0.469 e. The molecule has 1 saturated heterocycles. The zero-order valence-electron chi connectivity index (χ0n) is 15.4. The van der Waals surface area contributed by atoms with Crippen LogP contribution in [0.4, 0.5) is 10.7 Å². The fourth-order valence-electron chi connectivity index (χ4n) is 3.36. The summed E-state index contributed by atoms with van der Waals surface area (Å²) in [4.78, 5) is 44.1. The Labute approximate surface area is 151 Å². The summed E-state index contributed by atoms with van der Waals surface area (Å²) in [6.45, 7) is 8.16. The number of fused-ring (bicyclic) bond motifs is 3. The van der Waals surface area contributed by atoms with Gasteiger partial charge in [0.05, 0.1) is 20.1 Å². The lowest BCUT2D eigenvalue weighted by Gasteiger charge is -2.33. The summed E-state index contributed by atoms with van der Waals surface area (Å²) in [6, 6.07) is -1.21. The van der Waals surface area contributed by atoms with E-state index in [0.717, 1.165) is 16.3 Å². The fourth-order valence-corrected chi connectivity index (χ4v) is 3.36. The van der Waals surface area contributed by atoms with Crippen LogP contribution in [0.15, 0.2) is 17.6 Å². The van der Waals surface area contributed by atoms with Gasteiger partial charge in [-0.3, -0.25) is 19.4 Å². The molecule has 2 aliphatic heterocycles. The molecule has 0 N–H and O–H groups in total. The Morgan fingerprint density at radius 2 is 2.08 bits per heavy atom. The monoisotopic (exact) mass is 360 g/mol. The second kappa shape index (κ2) is 6.40. The van der Waals surface area contributed by atoms with Gasteiger partial charge in [0, 0.05) is 13.6 Å². The lowest BCUT2D eigenvalue weighted by Crippen LogP contribution is -2.58. The Balaban J connectivity index is 2.02. The Bertz CT molecular complexity index is 854. The molecular weight excluding hydrogens is 338 g/mol. The number of hydrogen-bond donors (Lipinski definition) is 0. The van der Waals surface area contributed by atoms with Crippen LogP contribution < -0.4 is 4.57 Å². The molecule has 3 amide bonds. The molecule has 0 spiro atoms. The van der Waals surface area contributed by atoms with Gasteiger partial charge in [0.25, 0.3) is 5.91 Å². The van der Waals surface area contributed by atoms with Gasteiger partial charge in [-0.15, -0.1) is 0 Å². The highest BCUT2D eigenvalue weighted by Gasteiger charge is 2.53. The van der Waals surface area contributed by atoms with Crippen molar-refractivity contribution in [2.45, 2.75) is 32.9 Å². The van der Waals surface area contributed by atoms with Gasteiger partial charge in [0.1, 0.15) is 11.4 Å². The lowest BCUT2D eigenvalue weighted by atomic mass is 10.1. The van der Waals surface area contributed by atoms with Crippen LogP contribution in [-0.4, -0.2) is 58.8 Å². The van der Waals surface area contributed by atoms with E-state index in [2.05, 4.69) is 16.3 Å². The average molecular weight is 360 g/mol. The van der Waals surface area contributed by atoms with Crippen molar-refractivity contribution in [1.29, 1.82) is 0 Å². The number of aliphatic imine (C=N–C) groups is 1. The number of imide groups is 1. The van der Waals surface area contributed by atoms with Gasteiger partial charge >= 0.3 is 17.9 Å². The predicted molar refractivity (Wildman–Crippen MR) is 91.9 cm³/mol. The molecule has 0 aromatic carbocycles. The molecule has 3 heterocycles. The molecule has 26 heavy (non-hydrogen) atoms. The van der Waals surface area contributed by atoms with Crippen molar-refractivity contribution in [1.82, 2.24) is 14.4 Å². The number of ether oxygens (including phenoxy) is 1. The van der Waals surface area contributed by atoms with Crippen molar-refractivity contribution in [3.8, 4) is 0 Å². The molecule has 2 aliphatic rings. The smallest absolute Gasteiger partial charge is 0.402 e. The number of rotatable bonds is 5. The molecule has 0 bridgehead atoms. The first-order valence-corrected chi connectivity index (χ1v) is 8.30. The maximum atomic E-state index is 13.1. The topological polar surface area (TPSA) is 88.1 Å². The van der Waals surface area contributed by atoms with Crippen molar-refractivity contribution in [3.05, 3.63) is 24.0 Å². The Kier molecular flexibility index (Phi) is 4.39. The molecular formula is C17H22N5O4+. The van der Waals surface area contributed by atoms with Crippen LogP contribution in [0, 0.1) is 13.8 Å². The molecule has 1 fully saturated rings. The van der Waals surface area contributed by atoms with Crippen LogP contribution in [-0.2, 0) is 20.9 Å². The fraction of sp³-hybridized carbons (Fsp3) is 0.471. The maximum absolute atomic E-state index is 13.1. The SMILES string of the molecule is C=CC[n+]1c(C)c(C)n2c1N=C1C2C(=O)N(CCC(=O)OC)C(=O)N1C. The molecule has 138 valence electrons. The molecule has 1 aromatic rings. The molecule has 1 unspecified atom stereocenters. The van der Waals surface area contributed by atoms with Crippen LogP contribution in [0.3, 0.4) is 0 Å². The third-order valence-corrected chi connectivity index (χ3v) is 4.90. The average Bonchev–Trinajstić information content (AvgIpc) is 3.12. The van der Waals surface area contributed by atoms with E-state index in [0.29, 0.717) is 18.3 Å². The normalized spacial score (nSPS) is 18.6. The second-order valence-electron chi connectivity index (χ2n) is 6.27. The number of urea groups is 1. The van der Waals surface area contributed by atoms with E-state index >= 15 is 0 Å². The van der Waals surface area contributed by atoms with E-state index in [1.165, 1.54) is 12.0 Å². The Hall–Kier alpha value is -2.97. The summed E-state index contributed by atoms with van der Waals surface area (Å²) in [7, 11) is 2.85. The van der Waals surface area contributed by atoms with Crippen molar-refractivity contribution in [2.24, 2.45) is 4.99 Å². The minimum atomic E-state index is -0.713. The molecule has 3 rings (SSSR count). The van der Waals surface area contributed by atoms with E-state index in [9.17, 15) is 14.4 Å². The number of amidine groups is 1. The number of imidazole rings is 1. The maximum Gasteiger partial charge on any atom is 0.402 e. The van der Waals surface area contributed by atoms with Crippen molar-refractivity contribution in [2.75, 3.05) is 20.7 Å². The highest BCUT2D eigenvalue weighted by atomic mass is 16.5. The number of aromatic nitrogens is 2. The summed E-state index contributed by atoms with van der Waals surface area (Å²) < 4.78 is 8.40. The molecule has 0 aliphatic carbocycles. The van der Waals surface area contributed by atoms with Gasteiger partial charge in [-0.05, 0) is 13.8 Å². The van der Waals surface area contributed by atoms with E-state index in [1.54, 1.807) is 13.1 Å². The van der Waals surface area contributed by atoms with Crippen LogP contribution in [0.25, 0.3) is 0 Å². The number of likely N-dealkylation sites (N-methyl/N-ethyl adjacent to an activating group) is 1. The first-order valence-electron chi connectivity index (χ1n) is 8.30. The van der Waals surface area contributed by atoms with E-state index in [1.807, 2.05) is 23.0 Å². The number of amides is 3. The lowest BCUT2D eigenvalue weighted by molar-refractivity contribution is -0.679. The summed E-state index contributed by atoms with van der Waals surface area (Å²) in [5.41, 5.74) is 1.88. The quantitative estimate of drug-likeness (QED) is 0.437. The summed E-state index contributed by atoms with van der Waals surface area (Å²) in [5.74, 6) is 0.142. The van der Waals surface area contributed by atoms with Crippen LogP contribution in [0.5, 0.6) is 0 Å². The van der Waals surface area contributed by atoms with Crippen LogP contribution in [0.1, 0.15) is 23.9 Å². The Morgan fingerprint density at radius 3 is 2.69 bits per heavy atom. The van der Waals surface area contributed by atoms with Gasteiger partial charge in [-0.1, -0.05) is 17.6 Å². The second-order valence-corrected chi connectivity index (χ2v) is 6.27. The number of carbonyl (C=O) groups is 3. The first-order chi connectivity index (χ1) is 12.3. The van der Waals surface area contributed by atoms with Gasteiger partial charge in [0.15, 0.2) is 0 Å². The molecule has 9 heteroatoms. The summed E-state index contributed by atoms with van der Waals surface area (Å²) in [5, 5.41) is 0. The van der Waals surface area contributed by atoms with Crippen molar-refractivity contribution >= 4 is 29.7 Å². The zero-order chi connectivity index (χ0) is 19.2. The summed E-state index contributed by atoms with van der Waals surface area (Å²) >= 11 is 0. The van der Waals surface area contributed by atoms with Crippen molar-refractivity contribution < 1.29 is 23.7 Å². The number of carbonyl (C=O) groups excluding carboxylic acids is 3. The van der Waals surface area contributed by atoms with Gasteiger partial charge in [0.2, 0.25) is 11.9 Å². The minimum Gasteiger partial charge on any atom is -0.469 e. The van der Waals surface area contributed by atoms with Gasteiger partial charge in [-0.25, -0.2) is 13.9 Å². The van der Waals surface area contributed by atoms with Gasteiger partial charge in [-0.2, -0.15) is 0 Å². The number of methoxy groups -OCH3 is 1. The van der Waals surface area contributed by atoms with Crippen LogP contribution in [0.2, 0.25) is 0 Å². The Morgan fingerprint density at radius 1 is 1.38 bits per heavy atom. The number of nitrogens with zero attached hydrogens (tertiary/aromatic N) is 5. The molecule has 1 aromatic heterocycles.